The summed E-state index contributed by atoms with van der Waals surface area (Å²) in [5.41, 5.74) is 7.65. The largest absolute Gasteiger partial charge is 0.497 e. The molecule has 0 bridgehead atoms. The summed E-state index contributed by atoms with van der Waals surface area (Å²) in [6.07, 6.45) is 1.71. The summed E-state index contributed by atoms with van der Waals surface area (Å²) in [4.78, 5) is 26.1. The molecule has 1 atom stereocenters. The van der Waals surface area contributed by atoms with E-state index in [1.807, 2.05) is 12.1 Å². The number of hydrogen-bond acceptors (Lipinski definition) is 8. The van der Waals surface area contributed by atoms with Gasteiger partial charge < -0.3 is 19.9 Å². The van der Waals surface area contributed by atoms with Gasteiger partial charge in [0.15, 0.2) is 0 Å². The third kappa shape index (κ3) is 3.84. The van der Waals surface area contributed by atoms with E-state index >= 15 is 0 Å². The lowest BCUT2D eigenvalue weighted by molar-refractivity contribution is -0.136. The van der Waals surface area contributed by atoms with E-state index < -0.39 is 17.4 Å². The predicted molar refractivity (Wildman–Crippen MR) is 129 cm³/mol. The van der Waals surface area contributed by atoms with Crippen LogP contribution < -0.4 is 30.0 Å². The highest BCUT2D eigenvalue weighted by Gasteiger charge is 2.36. The van der Waals surface area contributed by atoms with Crippen LogP contribution in [0.1, 0.15) is 17.0 Å². The number of esters is 1. The molecule has 2 aromatic carbocycles. The molecule has 4 rings (SSSR count). The topological polar surface area (TPSA) is 117 Å². The molecule has 0 spiro atoms. The first-order chi connectivity index (χ1) is 16.4. The third-order valence-electron chi connectivity index (χ3n) is 5.54. The van der Waals surface area contributed by atoms with Gasteiger partial charge in [-0.05, 0) is 41.5 Å². The molecule has 0 radical (unpaired) electrons. The minimum atomic E-state index is -0.796. The van der Waals surface area contributed by atoms with Gasteiger partial charge in [0.05, 0.1) is 49.0 Å². The number of nitrogens with zero attached hydrogens (tertiary/aromatic N) is 2. The van der Waals surface area contributed by atoms with E-state index in [4.69, 9.17) is 19.9 Å². The first-order valence-electron chi connectivity index (χ1n) is 10.2. The summed E-state index contributed by atoms with van der Waals surface area (Å²) >= 11 is 1.14. The van der Waals surface area contributed by atoms with E-state index in [-0.39, 0.29) is 17.0 Å². The fraction of sp³-hybridized carbons (Fsp3) is 0.160. The van der Waals surface area contributed by atoms with Crippen molar-refractivity contribution in [2.75, 3.05) is 21.3 Å². The summed E-state index contributed by atoms with van der Waals surface area (Å²) in [7, 11) is 4.35. The number of thiazole rings is 1. The molecule has 3 aromatic rings. The Hall–Kier alpha value is -4.29. The van der Waals surface area contributed by atoms with E-state index in [0.717, 1.165) is 16.9 Å². The summed E-state index contributed by atoms with van der Waals surface area (Å²) in [6, 6.07) is 16.4. The van der Waals surface area contributed by atoms with Gasteiger partial charge in [0, 0.05) is 0 Å². The number of ether oxygens (including phenoxy) is 3. The van der Waals surface area contributed by atoms with Crippen LogP contribution in [0, 0.1) is 11.3 Å². The zero-order chi connectivity index (χ0) is 24.4. The first kappa shape index (κ1) is 22.9. The Morgan fingerprint density at radius 3 is 2.18 bits per heavy atom. The second-order valence-corrected chi connectivity index (χ2v) is 8.38. The number of methoxy groups -OCH3 is 3. The Morgan fingerprint density at radius 2 is 1.65 bits per heavy atom. The van der Waals surface area contributed by atoms with Crippen LogP contribution in [0.2, 0.25) is 0 Å². The predicted octanol–water partition coefficient (Wildman–Crippen LogP) is 1.53. The minimum Gasteiger partial charge on any atom is -0.497 e. The number of carbonyl (C=O) groups excluding carboxylic acids is 1. The molecule has 2 heterocycles. The van der Waals surface area contributed by atoms with Crippen molar-refractivity contribution < 1.29 is 19.0 Å². The van der Waals surface area contributed by atoms with Gasteiger partial charge in [-0.2, -0.15) is 5.26 Å². The van der Waals surface area contributed by atoms with Gasteiger partial charge in [0.2, 0.25) is 0 Å². The number of fused-ring (bicyclic) bond motifs is 1. The van der Waals surface area contributed by atoms with Crippen LogP contribution >= 0.6 is 11.3 Å². The lowest BCUT2D eigenvalue weighted by atomic mass is 9.84. The lowest BCUT2D eigenvalue weighted by Gasteiger charge is -2.24. The molecule has 8 nitrogen and oxygen atoms in total. The maximum Gasteiger partial charge on any atom is 0.338 e. The van der Waals surface area contributed by atoms with Crippen molar-refractivity contribution in [1.29, 1.82) is 5.26 Å². The standard InChI is InChI=1S/C25H21N3O5S/c1-31-16-8-4-14(5-9-16)12-19-23(29)28-22(27)21(25(30)33-3)20(18(13-26)24(28)34-19)15-6-10-17(32-2)11-7-15/h4-12,20H,27H2,1-3H3/b19-12-/t20-/m1/s1. The summed E-state index contributed by atoms with van der Waals surface area (Å²) in [5, 5.41) is 10.1. The van der Waals surface area contributed by atoms with Gasteiger partial charge in [-0.25, -0.2) is 4.79 Å². The average Bonchev–Trinajstić information content (AvgIpc) is 3.19. The molecule has 1 aromatic heterocycles. The molecule has 0 fully saturated rings. The summed E-state index contributed by atoms with van der Waals surface area (Å²) in [5.74, 6) is -0.251. The van der Waals surface area contributed by atoms with Crippen LogP contribution in [0.4, 0.5) is 0 Å². The van der Waals surface area contributed by atoms with E-state index in [1.165, 1.54) is 11.7 Å². The molecule has 0 saturated heterocycles. The van der Waals surface area contributed by atoms with Crippen molar-refractivity contribution in [3.05, 3.63) is 84.8 Å². The SMILES string of the molecule is COC(=O)C1=C(N)n2c(s/c(=C\c3ccc(OC)cc3)c2=O)=C(C#N)[C@H]1c1ccc(OC)cc1. The van der Waals surface area contributed by atoms with Crippen LogP contribution in [0.25, 0.3) is 17.5 Å². The number of aromatic nitrogens is 1. The molecule has 9 heteroatoms. The van der Waals surface area contributed by atoms with Crippen molar-refractivity contribution in [1.82, 2.24) is 4.57 Å². The molecular weight excluding hydrogens is 454 g/mol. The molecule has 0 unspecified atom stereocenters. The Labute approximate surface area is 199 Å². The zero-order valence-corrected chi connectivity index (χ0v) is 19.5. The van der Waals surface area contributed by atoms with Gasteiger partial charge >= 0.3 is 5.97 Å². The van der Waals surface area contributed by atoms with E-state index in [2.05, 4.69) is 6.07 Å². The summed E-state index contributed by atoms with van der Waals surface area (Å²) < 4.78 is 17.3. The van der Waals surface area contributed by atoms with Crippen LogP contribution in [0.5, 0.6) is 11.5 Å². The van der Waals surface area contributed by atoms with E-state index in [0.29, 0.717) is 26.3 Å². The highest BCUT2D eigenvalue weighted by Crippen LogP contribution is 2.37. The van der Waals surface area contributed by atoms with Gasteiger partial charge in [0.25, 0.3) is 5.56 Å². The molecule has 1 aliphatic heterocycles. The van der Waals surface area contributed by atoms with Crippen molar-refractivity contribution in [3.8, 4) is 17.6 Å². The zero-order valence-electron chi connectivity index (χ0n) is 18.7. The molecule has 34 heavy (non-hydrogen) atoms. The summed E-state index contributed by atoms with van der Waals surface area (Å²) in [6.45, 7) is 0. The number of rotatable bonds is 5. The number of nitriles is 1. The Balaban J connectivity index is 2.01. The molecule has 0 aliphatic carbocycles. The number of benzene rings is 2. The Morgan fingerprint density at radius 1 is 1.06 bits per heavy atom. The van der Waals surface area contributed by atoms with Crippen LogP contribution in [0.15, 0.2) is 58.9 Å². The molecule has 172 valence electrons. The number of nitrogens with two attached hydrogens (primary N) is 1. The van der Waals surface area contributed by atoms with E-state index in [1.54, 1.807) is 56.7 Å². The normalized spacial score (nSPS) is 15.5. The van der Waals surface area contributed by atoms with Gasteiger partial charge in [0.1, 0.15) is 22.0 Å². The lowest BCUT2D eigenvalue weighted by Crippen LogP contribution is -2.40. The monoisotopic (exact) mass is 475 g/mol. The fourth-order valence-corrected chi connectivity index (χ4v) is 4.97. The van der Waals surface area contributed by atoms with Crippen LogP contribution in [-0.2, 0) is 9.53 Å². The molecule has 0 saturated carbocycles. The minimum absolute atomic E-state index is 0.0348. The number of carbonyl (C=O) groups is 1. The van der Waals surface area contributed by atoms with Gasteiger partial charge in [-0.1, -0.05) is 24.3 Å². The smallest absolute Gasteiger partial charge is 0.338 e. The van der Waals surface area contributed by atoms with Crippen molar-refractivity contribution in [3.63, 3.8) is 0 Å². The molecule has 0 amide bonds. The maximum absolute atomic E-state index is 13.3. The van der Waals surface area contributed by atoms with Crippen molar-refractivity contribution in [2.24, 2.45) is 5.73 Å². The van der Waals surface area contributed by atoms with Gasteiger partial charge in [-0.15, -0.1) is 11.3 Å². The Bertz CT molecular complexity index is 1510. The van der Waals surface area contributed by atoms with Crippen LogP contribution in [-0.4, -0.2) is 31.9 Å². The molecule has 2 N–H and O–H groups in total. The highest BCUT2D eigenvalue weighted by molar-refractivity contribution is 7.07. The number of hydrogen-bond donors (Lipinski definition) is 1. The second kappa shape index (κ2) is 9.29. The fourth-order valence-electron chi connectivity index (χ4n) is 3.84. The third-order valence-corrected chi connectivity index (χ3v) is 6.64. The average molecular weight is 476 g/mol. The second-order valence-electron chi connectivity index (χ2n) is 7.35. The quantitative estimate of drug-likeness (QED) is 0.556. The van der Waals surface area contributed by atoms with Crippen molar-refractivity contribution in [2.45, 2.75) is 5.92 Å². The Kier molecular flexibility index (Phi) is 6.25. The van der Waals surface area contributed by atoms with E-state index in [9.17, 15) is 14.9 Å². The van der Waals surface area contributed by atoms with Gasteiger partial charge in [-0.3, -0.25) is 9.36 Å². The highest BCUT2D eigenvalue weighted by atomic mass is 32.1. The first-order valence-corrected chi connectivity index (χ1v) is 11.0. The molecular formula is C25H21N3O5S. The maximum atomic E-state index is 13.3. The van der Waals surface area contributed by atoms with Crippen LogP contribution in [0.3, 0.4) is 0 Å². The molecule has 1 aliphatic rings. The van der Waals surface area contributed by atoms with Crippen molar-refractivity contribution >= 4 is 34.8 Å².